The fourth-order valence-electron chi connectivity index (χ4n) is 2.62. The van der Waals surface area contributed by atoms with Crippen LogP contribution in [-0.2, 0) is 9.47 Å². The minimum atomic E-state index is -0.510. The van der Waals surface area contributed by atoms with E-state index in [0.717, 1.165) is 32.3 Å². The molecule has 0 aromatic heterocycles. The summed E-state index contributed by atoms with van der Waals surface area (Å²) < 4.78 is 10.2. The van der Waals surface area contributed by atoms with Gasteiger partial charge in [0.15, 0.2) is 0 Å². The normalized spacial score (nSPS) is 16.7. The van der Waals surface area contributed by atoms with Gasteiger partial charge in [0.1, 0.15) is 0 Å². The van der Waals surface area contributed by atoms with Crippen LogP contribution in [0, 0.1) is 0 Å². The molecule has 1 N–H and O–H groups in total. The van der Waals surface area contributed by atoms with E-state index in [1.54, 1.807) is 18.0 Å². The molecule has 1 heterocycles. The molecule has 0 spiro atoms. The monoisotopic (exact) mass is 354 g/mol. The third-order valence-corrected chi connectivity index (χ3v) is 4.33. The van der Waals surface area contributed by atoms with E-state index in [-0.39, 0.29) is 16.6 Å². The summed E-state index contributed by atoms with van der Waals surface area (Å²) >= 11 is 6.04. The highest BCUT2D eigenvalue weighted by atomic mass is 35.5. The first-order valence-electron chi connectivity index (χ1n) is 8.03. The number of benzene rings is 1. The standard InChI is InChI=1S/C17H23ClN2O4/c1-20(9-3-5-13-6-4-10-24-13)17(22)19-12-7-8-14(15(18)11-12)16(21)23-2/h7-8,11,13H,3-6,9-10H2,1-2H3,(H,19,22). The van der Waals surface area contributed by atoms with Gasteiger partial charge < -0.3 is 19.7 Å². The second-order valence-corrected chi connectivity index (χ2v) is 6.22. The molecular formula is C17H23ClN2O4. The summed E-state index contributed by atoms with van der Waals surface area (Å²) in [7, 11) is 3.04. The summed E-state index contributed by atoms with van der Waals surface area (Å²) in [5.74, 6) is -0.510. The highest BCUT2D eigenvalue weighted by Gasteiger charge is 2.16. The molecular weight excluding hydrogens is 332 g/mol. The second-order valence-electron chi connectivity index (χ2n) is 5.82. The number of carbonyl (C=O) groups is 2. The largest absolute Gasteiger partial charge is 0.465 e. The number of carbonyl (C=O) groups excluding carboxylic acids is 2. The van der Waals surface area contributed by atoms with Crippen LogP contribution in [0.2, 0.25) is 5.02 Å². The van der Waals surface area contributed by atoms with Gasteiger partial charge in [-0.05, 0) is 43.9 Å². The van der Waals surface area contributed by atoms with Crippen LogP contribution in [0.5, 0.6) is 0 Å². The van der Waals surface area contributed by atoms with Crippen molar-refractivity contribution in [3.63, 3.8) is 0 Å². The van der Waals surface area contributed by atoms with E-state index >= 15 is 0 Å². The van der Waals surface area contributed by atoms with E-state index < -0.39 is 5.97 Å². The Hall–Kier alpha value is -1.79. The molecule has 1 fully saturated rings. The van der Waals surface area contributed by atoms with E-state index in [1.165, 1.54) is 19.2 Å². The number of hydrogen-bond acceptors (Lipinski definition) is 4. The zero-order valence-corrected chi connectivity index (χ0v) is 14.8. The summed E-state index contributed by atoms with van der Waals surface area (Å²) in [4.78, 5) is 25.3. The molecule has 1 saturated heterocycles. The first-order chi connectivity index (χ1) is 11.5. The van der Waals surface area contributed by atoms with Crippen molar-refractivity contribution in [3.8, 4) is 0 Å². The van der Waals surface area contributed by atoms with Crippen molar-refractivity contribution in [2.75, 3.05) is 32.6 Å². The van der Waals surface area contributed by atoms with Gasteiger partial charge in [-0.25, -0.2) is 9.59 Å². The number of amides is 2. The topological polar surface area (TPSA) is 67.9 Å². The Morgan fingerprint density at radius 3 is 2.88 bits per heavy atom. The number of rotatable bonds is 6. The van der Waals surface area contributed by atoms with Crippen LogP contribution in [0.1, 0.15) is 36.0 Å². The van der Waals surface area contributed by atoms with Crippen molar-refractivity contribution >= 4 is 29.3 Å². The molecule has 0 saturated carbocycles. The molecule has 2 rings (SSSR count). The van der Waals surface area contributed by atoms with Crippen molar-refractivity contribution in [2.24, 2.45) is 0 Å². The molecule has 7 heteroatoms. The molecule has 1 aromatic rings. The average Bonchev–Trinajstić information content (AvgIpc) is 3.07. The van der Waals surface area contributed by atoms with Crippen LogP contribution in [0.4, 0.5) is 10.5 Å². The number of hydrogen-bond donors (Lipinski definition) is 1. The number of ether oxygens (including phenoxy) is 2. The maximum absolute atomic E-state index is 12.2. The number of nitrogens with one attached hydrogen (secondary N) is 1. The second kappa shape index (κ2) is 8.89. The molecule has 2 amide bonds. The minimum absolute atomic E-state index is 0.218. The molecule has 0 radical (unpaired) electrons. The average molecular weight is 355 g/mol. The third-order valence-electron chi connectivity index (χ3n) is 4.02. The van der Waals surface area contributed by atoms with Gasteiger partial charge in [0.05, 0.1) is 23.8 Å². The van der Waals surface area contributed by atoms with Gasteiger partial charge in [-0.2, -0.15) is 0 Å². The zero-order chi connectivity index (χ0) is 17.5. The molecule has 1 aliphatic rings. The number of methoxy groups -OCH3 is 1. The molecule has 24 heavy (non-hydrogen) atoms. The van der Waals surface area contributed by atoms with Crippen molar-refractivity contribution < 1.29 is 19.1 Å². The highest BCUT2D eigenvalue weighted by Crippen LogP contribution is 2.22. The number of nitrogens with zero attached hydrogens (tertiary/aromatic N) is 1. The lowest BCUT2D eigenvalue weighted by molar-refractivity contribution is 0.0601. The van der Waals surface area contributed by atoms with Crippen LogP contribution in [0.3, 0.4) is 0 Å². The molecule has 1 unspecified atom stereocenters. The van der Waals surface area contributed by atoms with Crippen molar-refractivity contribution in [1.29, 1.82) is 0 Å². The quantitative estimate of drug-likeness (QED) is 0.793. The molecule has 1 atom stereocenters. The van der Waals surface area contributed by atoms with E-state index in [1.807, 2.05) is 0 Å². The van der Waals surface area contributed by atoms with Crippen LogP contribution < -0.4 is 5.32 Å². The Labute approximate surface area is 147 Å². The summed E-state index contributed by atoms with van der Waals surface area (Å²) in [6.45, 7) is 1.50. The molecule has 0 aliphatic carbocycles. The highest BCUT2D eigenvalue weighted by molar-refractivity contribution is 6.33. The van der Waals surface area contributed by atoms with Gasteiger partial charge in [-0.15, -0.1) is 0 Å². The molecule has 6 nitrogen and oxygen atoms in total. The smallest absolute Gasteiger partial charge is 0.339 e. The van der Waals surface area contributed by atoms with Gasteiger partial charge >= 0.3 is 12.0 Å². The Morgan fingerprint density at radius 1 is 1.46 bits per heavy atom. The summed E-state index contributed by atoms with van der Waals surface area (Å²) in [6, 6.07) is 4.47. The minimum Gasteiger partial charge on any atom is -0.465 e. The van der Waals surface area contributed by atoms with E-state index in [0.29, 0.717) is 18.3 Å². The third kappa shape index (κ3) is 5.11. The zero-order valence-electron chi connectivity index (χ0n) is 14.0. The summed E-state index contributed by atoms with van der Waals surface area (Å²) in [6.07, 6.45) is 4.45. The SMILES string of the molecule is COC(=O)c1ccc(NC(=O)N(C)CCCC2CCCO2)cc1Cl. The Kier molecular flexibility index (Phi) is 6.87. The number of halogens is 1. The van der Waals surface area contributed by atoms with Gasteiger partial charge in [0, 0.05) is 25.9 Å². The van der Waals surface area contributed by atoms with Crippen LogP contribution in [0.15, 0.2) is 18.2 Å². The summed E-state index contributed by atoms with van der Waals surface area (Å²) in [5, 5.41) is 3.00. The lowest BCUT2D eigenvalue weighted by Gasteiger charge is -2.19. The van der Waals surface area contributed by atoms with E-state index in [2.05, 4.69) is 10.1 Å². The lowest BCUT2D eigenvalue weighted by Crippen LogP contribution is -2.32. The van der Waals surface area contributed by atoms with Gasteiger partial charge in [0.2, 0.25) is 0 Å². The van der Waals surface area contributed by atoms with E-state index in [4.69, 9.17) is 16.3 Å². The summed E-state index contributed by atoms with van der Waals surface area (Å²) in [5.41, 5.74) is 0.797. The number of esters is 1. The van der Waals surface area contributed by atoms with Crippen molar-refractivity contribution in [2.45, 2.75) is 31.8 Å². The Balaban J connectivity index is 1.82. The van der Waals surface area contributed by atoms with Gasteiger partial charge in [-0.1, -0.05) is 11.6 Å². The van der Waals surface area contributed by atoms with Crippen LogP contribution in [0.25, 0.3) is 0 Å². The first-order valence-corrected chi connectivity index (χ1v) is 8.40. The fraction of sp³-hybridized carbons (Fsp3) is 0.529. The first kappa shape index (κ1) is 18.5. The van der Waals surface area contributed by atoms with Crippen molar-refractivity contribution in [1.82, 2.24) is 4.90 Å². The maximum atomic E-state index is 12.2. The van der Waals surface area contributed by atoms with E-state index in [9.17, 15) is 9.59 Å². The number of urea groups is 1. The Morgan fingerprint density at radius 2 is 2.25 bits per heavy atom. The van der Waals surface area contributed by atoms with Gasteiger partial charge in [0.25, 0.3) is 0 Å². The molecule has 132 valence electrons. The molecule has 1 aliphatic heterocycles. The molecule has 0 bridgehead atoms. The predicted molar refractivity (Wildman–Crippen MR) is 92.6 cm³/mol. The Bertz CT molecular complexity index is 588. The lowest BCUT2D eigenvalue weighted by atomic mass is 10.1. The van der Waals surface area contributed by atoms with Crippen molar-refractivity contribution in [3.05, 3.63) is 28.8 Å². The fourth-order valence-corrected chi connectivity index (χ4v) is 2.87. The predicted octanol–water partition coefficient (Wildman–Crippen LogP) is 3.55. The maximum Gasteiger partial charge on any atom is 0.339 e. The van der Waals surface area contributed by atoms with Crippen LogP contribution >= 0.6 is 11.6 Å². The molecule has 1 aromatic carbocycles. The van der Waals surface area contributed by atoms with Crippen LogP contribution in [-0.4, -0.2) is 50.3 Å². The van der Waals surface area contributed by atoms with Gasteiger partial charge in [-0.3, -0.25) is 0 Å². The number of anilines is 1.